The molecule has 2 N–H and O–H groups in total. The summed E-state index contributed by atoms with van der Waals surface area (Å²) in [6.45, 7) is 0.0392. The summed E-state index contributed by atoms with van der Waals surface area (Å²) in [4.78, 5) is 28.5. The molecule has 0 aliphatic carbocycles. The molecule has 4 rings (SSSR count). The zero-order chi connectivity index (χ0) is 21.5. The third kappa shape index (κ3) is 5.51. The zero-order valence-electron chi connectivity index (χ0n) is 17.1. The number of carbonyl (C=O) groups excluding carboxylic acids is 1. The Bertz CT molecular complexity index is 1140. The molecule has 0 unspecified atom stereocenters. The van der Waals surface area contributed by atoms with E-state index in [9.17, 15) is 9.18 Å². The number of para-hydroxylation sites is 2. The molecular formula is C24H24FN5O. The maximum Gasteiger partial charge on any atom is 0.253 e. The number of hydrogen-bond acceptors (Lipinski definition) is 4. The molecule has 158 valence electrons. The monoisotopic (exact) mass is 417 g/mol. The standard InChI is InChI=1S/C24H24FN5O/c25-19-8-6-12-27-22(19)16-28-24(31)18-13-17(14-26-15-18)7-2-1-3-11-23-29-20-9-4-5-10-21(20)30-23/h4-6,8-10,12-15H,1-3,7,11,16H2,(H,28,31)(H,29,30). The number of rotatable bonds is 9. The highest BCUT2D eigenvalue weighted by Gasteiger charge is 2.09. The van der Waals surface area contributed by atoms with Crippen molar-refractivity contribution in [2.24, 2.45) is 0 Å². The number of hydrogen-bond donors (Lipinski definition) is 2. The first-order valence-electron chi connectivity index (χ1n) is 10.4. The molecule has 0 fully saturated rings. The molecule has 0 aliphatic heterocycles. The van der Waals surface area contributed by atoms with Gasteiger partial charge in [0.15, 0.2) is 0 Å². The van der Waals surface area contributed by atoms with Crippen molar-refractivity contribution in [3.05, 3.63) is 89.5 Å². The lowest BCUT2D eigenvalue weighted by atomic mass is 10.1. The average Bonchev–Trinajstić information content (AvgIpc) is 3.21. The van der Waals surface area contributed by atoms with Gasteiger partial charge in [0.2, 0.25) is 0 Å². The van der Waals surface area contributed by atoms with Crippen molar-refractivity contribution in [2.45, 2.75) is 38.6 Å². The van der Waals surface area contributed by atoms with Crippen LogP contribution in [0.25, 0.3) is 11.0 Å². The molecule has 0 bridgehead atoms. The Morgan fingerprint density at radius 3 is 2.77 bits per heavy atom. The smallest absolute Gasteiger partial charge is 0.253 e. The predicted molar refractivity (Wildman–Crippen MR) is 117 cm³/mol. The van der Waals surface area contributed by atoms with E-state index in [4.69, 9.17) is 0 Å². The van der Waals surface area contributed by atoms with E-state index < -0.39 is 5.82 Å². The Morgan fingerprint density at radius 2 is 1.90 bits per heavy atom. The minimum Gasteiger partial charge on any atom is -0.346 e. The number of pyridine rings is 2. The predicted octanol–water partition coefficient (Wildman–Crippen LogP) is 4.38. The molecule has 0 aliphatic rings. The maximum atomic E-state index is 13.6. The number of halogens is 1. The van der Waals surface area contributed by atoms with Crippen LogP contribution in [-0.4, -0.2) is 25.8 Å². The summed E-state index contributed by atoms with van der Waals surface area (Å²) < 4.78 is 13.6. The first kappa shape index (κ1) is 20.7. The van der Waals surface area contributed by atoms with Crippen molar-refractivity contribution in [1.82, 2.24) is 25.3 Å². The summed E-state index contributed by atoms with van der Waals surface area (Å²) in [6, 6.07) is 12.7. The molecule has 0 radical (unpaired) electrons. The molecule has 0 saturated carbocycles. The van der Waals surface area contributed by atoms with E-state index in [2.05, 4.69) is 25.3 Å². The fourth-order valence-corrected chi connectivity index (χ4v) is 3.49. The van der Waals surface area contributed by atoms with E-state index in [1.807, 2.05) is 30.3 Å². The summed E-state index contributed by atoms with van der Waals surface area (Å²) in [6.07, 6.45) is 9.69. The van der Waals surface area contributed by atoms with Gasteiger partial charge in [-0.25, -0.2) is 9.37 Å². The molecule has 6 nitrogen and oxygen atoms in total. The second kappa shape index (κ2) is 9.93. The molecule has 0 spiro atoms. The van der Waals surface area contributed by atoms with Crippen LogP contribution in [0.4, 0.5) is 4.39 Å². The van der Waals surface area contributed by atoms with Gasteiger partial charge in [-0.2, -0.15) is 0 Å². The summed E-state index contributed by atoms with van der Waals surface area (Å²) in [5.74, 6) is 0.299. The van der Waals surface area contributed by atoms with Gasteiger partial charge in [-0.3, -0.25) is 14.8 Å². The van der Waals surface area contributed by atoms with E-state index in [1.165, 1.54) is 24.5 Å². The minimum atomic E-state index is -0.433. The third-order valence-corrected chi connectivity index (χ3v) is 5.13. The second-order valence-electron chi connectivity index (χ2n) is 7.46. The van der Waals surface area contributed by atoms with Crippen LogP contribution in [0.1, 0.15) is 46.7 Å². The van der Waals surface area contributed by atoms with Crippen LogP contribution in [0, 0.1) is 5.82 Å². The van der Waals surface area contributed by atoms with Gasteiger partial charge in [-0.05, 0) is 55.2 Å². The largest absolute Gasteiger partial charge is 0.346 e. The Labute approximate surface area is 180 Å². The van der Waals surface area contributed by atoms with E-state index >= 15 is 0 Å². The van der Waals surface area contributed by atoms with Crippen molar-refractivity contribution in [2.75, 3.05) is 0 Å². The lowest BCUT2D eigenvalue weighted by Gasteiger charge is -2.07. The van der Waals surface area contributed by atoms with Crippen LogP contribution in [0.2, 0.25) is 0 Å². The van der Waals surface area contributed by atoms with Gasteiger partial charge in [0.05, 0.1) is 28.8 Å². The van der Waals surface area contributed by atoms with E-state index in [0.717, 1.165) is 54.5 Å². The number of imidazole rings is 1. The summed E-state index contributed by atoms with van der Waals surface area (Å²) in [5, 5.41) is 2.70. The highest BCUT2D eigenvalue weighted by Crippen LogP contribution is 2.14. The number of carbonyl (C=O) groups is 1. The van der Waals surface area contributed by atoms with Crippen LogP contribution in [-0.2, 0) is 19.4 Å². The molecule has 7 heteroatoms. The minimum absolute atomic E-state index is 0.0392. The molecule has 3 heterocycles. The van der Waals surface area contributed by atoms with Crippen LogP contribution in [0.3, 0.4) is 0 Å². The molecule has 31 heavy (non-hydrogen) atoms. The van der Waals surface area contributed by atoms with Crippen molar-refractivity contribution in [3.63, 3.8) is 0 Å². The van der Waals surface area contributed by atoms with Crippen molar-refractivity contribution in [1.29, 1.82) is 0 Å². The number of aryl methyl sites for hydroxylation is 2. The van der Waals surface area contributed by atoms with Gasteiger partial charge in [-0.15, -0.1) is 0 Å². The molecule has 3 aromatic heterocycles. The zero-order valence-corrected chi connectivity index (χ0v) is 17.1. The van der Waals surface area contributed by atoms with Crippen LogP contribution in [0.5, 0.6) is 0 Å². The SMILES string of the molecule is O=C(NCc1ncccc1F)c1cncc(CCCCCc2nc3ccccc3[nH]2)c1. The Kier molecular flexibility index (Phi) is 6.62. The fraction of sp³-hybridized carbons (Fsp3) is 0.250. The lowest BCUT2D eigenvalue weighted by Crippen LogP contribution is -2.24. The average molecular weight is 417 g/mol. The molecule has 1 amide bonds. The molecule has 0 atom stereocenters. The van der Waals surface area contributed by atoms with Gasteiger partial charge >= 0.3 is 0 Å². The molecule has 1 aromatic carbocycles. The van der Waals surface area contributed by atoms with Gasteiger partial charge < -0.3 is 10.3 Å². The Hall–Kier alpha value is -3.61. The van der Waals surface area contributed by atoms with Crippen LogP contribution in [0.15, 0.2) is 61.1 Å². The van der Waals surface area contributed by atoms with Crippen molar-refractivity contribution >= 4 is 16.9 Å². The number of nitrogens with one attached hydrogen (secondary N) is 2. The third-order valence-electron chi connectivity index (χ3n) is 5.13. The fourth-order valence-electron chi connectivity index (χ4n) is 3.49. The number of fused-ring (bicyclic) bond motifs is 1. The number of unbranched alkanes of at least 4 members (excludes halogenated alkanes) is 2. The van der Waals surface area contributed by atoms with Gasteiger partial charge in [0, 0.05) is 25.0 Å². The molecule has 0 saturated heterocycles. The quantitative estimate of drug-likeness (QED) is 0.396. The lowest BCUT2D eigenvalue weighted by molar-refractivity contribution is 0.0949. The highest BCUT2D eigenvalue weighted by molar-refractivity contribution is 5.93. The summed E-state index contributed by atoms with van der Waals surface area (Å²) in [5.41, 5.74) is 3.77. The van der Waals surface area contributed by atoms with Crippen molar-refractivity contribution in [3.8, 4) is 0 Å². The van der Waals surface area contributed by atoms with E-state index in [-0.39, 0.29) is 18.1 Å². The number of H-pyrrole nitrogens is 1. The first-order chi connectivity index (χ1) is 15.2. The Morgan fingerprint density at radius 1 is 1.03 bits per heavy atom. The van der Waals surface area contributed by atoms with E-state index in [1.54, 1.807) is 6.20 Å². The number of benzene rings is 1. The summed E-state index contributed by atoms with van der Waals surface area (Å²) in [7, 11) is 0. The molecular weight excluding hydrogens is 393 g/mol. The highest BCUT2D eigenvalue weighted by atomic mass is 19.1. The number of amides is 1. The number of aromatic nitrogens is 4. The van der Waals surface area contributed by atoms with Crippen molar-refractivity contribution < 1.29 is 9.18 Å². The maximum absolute atomic E-state index is 13.6. The van der Waals surface area contributed by atoms with Gasteiger partial charge in [-0.1, -0.05) is 18.6 Å². The normalized spacial score (nSPS) is 11.0. The first-order valence-corrected chi connectivity index (χ1v) is 10.4. The Balaban J connectivity index is 1.22. The van der Waals surface area contributed by atoms with Crippen LogP contribution >= 0.6 is 0 Å². The molecule has 4 aromatic rings. The summed E-state index contributed by atoms with van der Waals surface area (Å²) >= 11 is 0. The number of nitrogens with zero attached hydrogens (tertiary/aromatic N) is 3. The van der Waals surface area contributed by atoms with Crippen LogP contribution < -0.4 is 5.32 Å². The topological polar surface area (TPSA) is 83.6 Å². The van der Waals surface area contributed by atoms with Gasteiger partial charge in [0.1, 0.15) is 11.6 Å². The number of aromatic amines is 1. The van der Waals surface area contributed by atoms with E-state index in [0.29, 0.717) is 5.56 Å². The second-order valence-corrected chi connectivity index (χ2v) is 7.46. The van der Waals surface area contributed by atoms with Gasteiger partial charge in [0.25, 0.3) is 5.91 Å².